The third-order valence-electron chi connectivity index (χ3n) is 16.6. The van der Waals surface area contributed by atoms with Gasteiger partial charge in [0.25, 0.3) is 0 Å². The van der Waals surface area contributed by atoms with Crippen LogP contribution in [0, 0.1) is 29.1 Å². The van der Waals surface area contributed by atoms with Gasteiger partial charge in [-0.3, -0.25) is 53.4 Å². The fourth-order valence-corrected chi connectivity index (χ4v) is 16.0. The molecule has 0 saturated carbocycles. The minimum absolute atomic E-state index is 0.0522. The molecule has 0 aliphatic rings. The maximum absolute atomic E-state index is 13.3. The Kier molecular flexibility index (Phi) is 43.6. The van der Waals surface area contributed by atoms with Gasteiger partial charge >= 0.3 is 0 Å². The molecule has 5 atom stereocenters. The molecule has 0 aliphatic heterocycles. The van der Waals surface area contributed by atoms with E-state index in [1.807, 2.05) is 27.4 Å². The predicted octanol–water partition coefficient (Wildman–Crippen LogP) is 12.0. The summed E-state index contributed by atoms with van der Waals surface area (Å²) in [5, 5.41) is 98.3. The monoisotopic (exact) mass is 2210 g/mol. The third-order valence-corrected chi connectivity index (χ3v) is 30.4. The van der Waals surface area contributed by atoms with Gasteiger partial charge in [-0.05, 0) is 222 Å². The van der Waals surface area contributed by atoms with Crippen LogP contribution in [0.4, 0.5) is 79.5 Å². The number of aliphatic imine (C=N–C) groups is 5. The van der Waals surface area contributed by atoms with Crippen molar-refractivity contribution in [2.45, 2.75) is 20.8 Å². The summed E-state index contributed by atoms with van der Waals surface area (Å²) in [6.07, 6.45) is 3.09. The quantitative estimate of drug-likeness (QED) is 0.00786. The Labute approximate surface area is 771 Å². The van der Waals surface area contributed by atoms with Gasteiger partial charge in [0.15, 0.2) is 57.6 Å². The van der Waals surface area contributed by atoms with Gasteiger partial charge in [-0.2, -0.15) is 0 Å². The van der Waals surface area contributed by atoms with Crippen LogP contribution in [0.5, 0.6) is 0 Å². The predicted molar refractivity (Wildman–Crippen MR) is 490 cm³/mol. The number of halogens is 10. The van der Waals surface area contributed by atoms with E-state index in [0.717, 1.165) is 0 Å². The number of hydroxylamine groups is 5. The van der Waals surface area contributed by atoms with E-state index in [-0.39, 0.29) is 109 Å². The average Bonchev–Trinajstić information content (AvgIpc) is 1.67. The molecule has 0 bridgehead atoms. The van der Waals surface area contributed by atoms with E-state index < -0.39 is 77.7 Å². The molecule has 698 valence electrons. The zero-order valence-corrected chi connectivity index (χ0v) is 80.9. The van der Waals surface area contributed by atoms with Crippen molar-refractivity contribution in [3.63, 3.8) is 0 Å². The van der Waals surface area contributed by atoms with Crippen molar-refractivity contribution < 1.29 is 92.2 Å². The van der Waals surface area contributed by atoms with Gasteiger partial charge in [-0.25, -0.2) is 113 Å². The number of aromatic nitrogens is 10. The van der Waals surface area contributed by atoms with E-state index in [2.05, 4.69) is 228 Å². The fourth-order valence-electron chi connectivity index (χ4n) is 9.35. The first-order valence-electron chi connectivity index (χ1n) is 36.5. The summed E-state index contributed by atoms with van der Waals surface area (Å²) in [6, 6.07) is 20.4. The van der Waals surface area contributed by atoms with Gasteiger partial charge in [-0.1, -0.05) is 20.8 Å². The molecule has 10 rings (SSSR count). The molecule has 5 aromatic carbocycles. The summed E-state index contributed by atoms with van der Waals surface area (Å²) in [4.78, 5) is 20.7. The van der Waals surface area contributed by atoms with Crippen molar-refractivity contribution in [3.8, 4) is 0 Å². The summed E-state index contributed by atoms with van der Waals surface area (Å²) in [7, 11) is -3.78. The van der Waals surface area contributed by atoms with Crippen LogP contribution in [-0.2, 0) is 48.6 Å². The Morgan fingerprint density at radius 2 is 0.492 bits per heavy atom. The van der Waals surface area contributed by atoms with Crippen molar-refractivity contribution >= 4 is 215 Å². The van der Waals surface area contributed by atoms with Crippen LogP contribution in [0.3, 0.4) is 0 Å². The highest BCUT2D eigenvalue weighted by atomic mass is 79.9. The molecule has 0 aliphatic carbocycles. The van der Waals surface area contributed by atoms with Crippen molar-refractivity contribution in [1.29, 1.82) is 0 Å². The molecule has 60 heteroatoms. The molecular weight excluding hydrogens is 2130 g/mol. The zero-order valence-electron chi connectivity index (χ0n) is 68.9. The summed E-state index contributed by atoms with van der Waals surface area (Å²) in [6.45, 7) is 6.95. The molecule has 0 spiro atoms. The Balaban J connectivity index is 0.000000247. The Morgan fingerprint density at radius 3 is 0.641 bits per heavy atom. The number of nitrogens with one attached hydrogen (secondary N) is 10. The largest absolute Gasteiger partial charge is 0.364 e. The number of anilines is 5. The van der Waals surface area contributed by atoms with Gasteiger partial charge in [0.05, 0.1) is 50.8 Å². The molecular formula is C68H86Br5F5N30O15S5. The van der Waals surface area contributed by atoms with E-state index in [1.54, 1.807) is 33.3 Å². The first-order valence-corrected chi connectivity index (χ1v) is 50.2. The number of amidine groups is 5. The van der Waals surface area contributed by atoms with Gasteiger partial charge < -0.3 is 26.6 Å². The van der Waals surface area contributed by atoms with Gasteiger partial charge in [0, 0.05) is 175 Å². The highest BCUT2D eigenvalue weighted by molar-refractivity contribution is 9.11. The van der Waals surface area contributed by atoms with Crippen LogP contribution in [-0.4, -0.2) is 254 Å². The normalized spacial score (nSPS) is 14.0. The topological polar surface area (TPSA) is 625 Å². The molecule has 15 N–H and O–H groups in total. The maximum atomic E-state index is 13.3. The Bertz CT molecular complexity index is 5730. The van der Waals surface area contributed by atoms with Crippen molar-refractivity contribution in [1.82, 2.24) is 79.0 Å². The minimum atomic E-state index is -2.27. The van der Waals surface area contributed by atoms with Crippen LogP contribution < -0.4 is 54.0 Å². The summed E-state index contributed by atoms with van der Waals surface area (Å²) in [5.41, 5.74) is 12.0. The van der Waals surface area contributed by atoms with E-state index >= 15 is 0 Å². The van der Waals surface area contributed by atoms with Crippen LogP contribution in [0.15, 0.2) is 183 Å². The van der Waals surface area contributed by atoms with E-state index in [9.17, 15) is 69.0 Å². The van der Waals surface area contributed by atoms with Gasteiger partial charge in [0.2, 0.25) is 29.1 Å². The lowest BCUT2D eigenvalue weighted by Crippen LogP contribution is -2.23. The number of nitrogens with zero attached hydrogens (tertiary/aromatic N) is 20. The van der Waals surface area contributed by atoms with Crippen LogP contribution in [0.1, 0.15) is 49.2 Å². The highest BCUT2D eigenvalue weighted by Gasteiger charge is 2.24. The molecule has 1 unspecified atom stereocenters. The van der Waals surface area contributed by atoms with Crippen molar-refractivity contribution in [2.75, 3.05) is 153 Å². The SMILES string of the molecule is CCS(=O)(CCNc1nonc1C(=Nc1ccc(F)c(Br)c1)NO)=NC.CC[S@@](=O)(CCNc1nonc1C(=Nc1ccc(F)c(Br)c1)NO)=NC.CC[S@](=O)(CCNc1nonc1C(=Nc1ccc(F)c(Br)c1)NO)=NC.CN=[S@@](C)(=O)CCNc1nonc1C(=Nc1ccc(F)c(Br)c1)NO.CN=[S@](C)(=O)CCNc1nonc1C(=Nc1ccc(F)c(Br)c1)NO. The molecule has 0 saturated heterocycles. The third kappa shape index (κ3) is 33.4. The minimum Gasteiger partial charge on any atom is -0.364 e. The lowest BCUT2D eigenvalue weighted by molar-refractivity contribution is 0.233. The van der Waals surface area contributed by atoms with Crippen molar-refractivity contribution in [2.24, 2.45) is 46.8 Å². The molecule has 5 heterocycles. The number of benzene rings is 5. The zero-order chi connectivity index (χ0) is 94.4. The molecule has 5 aromatic heterocycles. The Hall–Kier alpha value is -10.3. The summed E-state index contributed by atoms with van der Waals surface area (Å²) < 4.78 is 171. The number of rotatable bonds is 33. The van der Waals surface area contributed by atoms with Crippen molar-refractivity contribution in [3.05, 3.63) is 171 Å². The maximum Gasteiger partial charge on any atom is 0.202 e. The smallest absolute Gasteiger partial charge is 0.202 e. The molecule has 0 fully saturated rings. The lowest BCUT2D eigenvalue weighted by Gasteiger charge is -2.08. The lowest BCUT2D eigenvalue weighted by atomic mass is 10.3. The number of hydrogen-bond acceptors (Lipinski definition) is 40. The van der Waals surface area contributed by atoms with E-state index in [1.165, 1.54) is 126 Å². The van der Waals surface area contributed by atoms with E-state index in [4.69, 9.17) is 0 Å². The standard InChI is InChI=1S/3C14H18BrFN6O3S.2C13H16BrFN6O3S/c3*1-3-26(24,17-2)7-6-18-13-12(21-25-22-13)14(20-23)19-9-4-5-11(16)10(15)8-9;2*1-16-25(2,23)6-5-17-12-11(20-24-21-12)13(19-22)18-8-3-4-10(15)9(14)7-8/h3*4-5,8,23H,3,6-7H2,1-2H3,(H,18,22)(H,19,20);2*3-4,7,22H,5-6H2,1-2H3,(H,17,21)(H,18,19)/t2*26-;;2*25-/m10.10/s1. The van der Waals surface area contributed by atoms with Gasteiger partial charge in [0.1, 0.15) is 29.1 Å². The van der Waals surface area contributed by atoms with Crippen LogP contribution >= 0.6 is 79.6 Å². The fraction of sp³-hybridized carbons (Fsp3) is 0.338. The highest BCUT2D eigenvalue weighted by Crippen LogP contribution is 2.29. The molecule has 10 aromatic rings. The molecule has 0 amide bonds. The second kappa shape index (κ2) is 52.4. The summed E-state index contributed by atoms with van der Waals surface area (Å²) >= 11 is 15.3. The van der Waals surface area contributed by atoms with Crippen LogP contribution in [0.2, 0.25) is 0 Å². The number of hydrogen-bond donors (Lipinski definition) is 15. The average molecular weight is 2220 g/mol. The second-order valence-electron chi connectivity index (χ2n) is 24.8. The molecule has 45 nitrogen and oxygen atoms in total. The molecule has 0 radical (unpaired) electrons. The Morgan fingerprint density at radius 1 is 0.312 bits per heavy atom. The van der Waals surface area contributed by atoms with Crippen LogP contribution in [0.25, 0.3) is 0 Å². The molecule has 128 heavy (non-hydrogen) atoms. The van der Waals surface area contributed by atoms with E-state index in [0.29, 0.717) is 107 Å². The first-order chi connectivity index (χ1) is 61.0. The first kappa shape index (κ1) is 107. The summed E-state index contributed by atoms with van der Waals surface area (Å²) in [5.74, 6) is 1.44. The van der Waals surface area contributed by atoms with Gasteiger partial charge in [-0.15, -0.1) is 0 Å². The second-order valence-corrected chi connectivity index (χ2v) is 43.2.